The van der Waals surface area contributed by atoms with Crippen LogP contribution in [0.5, 0.6) is 0 Å². The molecule has 0 aromatic carbocycles. The number of nitrogens with zero attached hydrogens (tertiary/aromatic N) is 1. The monoisotopic (exact) mass is 807 g/mol. The van der Waals surface area contributed by atoms with E-state index in [1.54, 1.807) is 0 Å². The van der Waals surface area contributed by atoms with Gasteiger partial charge in [-0.1, -0.05) is 151 Å². The molecule has 0 aliphatic rings. The van der Waals surface area contributed by atoms with Crippen molar-refractivity contribution in [2.75, 3.05) is 47.5 Å². The maximum atomic E-state index is 12.6. The van der Waals surface area contributed by atoms with Crippen LogP contribution < -0.4 is 0 Å². The van der Waals surface area contributed by atoms with Gasteiger partial charge in [0.2, 0.25) is 0 Å². The third kappa shape index (κ3) is 41.1. The molecule has 1 N–H and O–H groups in total. The summed E-state index contributed by atoms with van der Waals surface area (Å²) in [6.07, 6.45) is 46.9. The van der Waals surface area contributed by atoms with E-state index >= 15 is 0 Å². The largest absolute Gasteiger partial charge is 0.472 e. The zero-order valence-electron chi connectivity index (χ0n) is 36.1. The number of quaternary nitrogens is 1. The molecule has 0 aliphatic heterocycles. The number of carbonyl (C=O) groups is 2. The van der Waals surface area contributed by atoms with Gasteiger partial charge >= 0.3 is 19.8 Å². The van der Waals surface area contributed by atoms with Crippen LogP contribution in [0, 0.1) is 0 Å². The molecule has 0 heterocycles. The molecule has 0 fully saturated rings. The number of allylic oxidation sites excluding steroid dienone is 12. The van der Waals surface area contributed by atoms with Crippen molar-refractivity contribution in [1.82, 2.24) is 0 Å². The second kappa shape index (κ2) is 38.0. The zero-order chi connectivity index (χ0) is 41.4. The molecule has 0 saturated heterocycles. The van der Waals surface area contributed by atoms with Crippen LogP contribution in [-0.2, 0) is 32.7 Å². The summed E-state index contributed by atoms with van der Waals surface area (Å²) in [4.78, 5) is 35.3. The van der Waals surface area contributed by atoms with Gasteiger partial charge in [0.1, 0.15) is 19.8 Å². The molecule has 9 nitrogen and oxygen atoms in total. The van der Waals surface area contributed by atoms with Crippen LogP contribution in [0.4, 0.5) is 0 Å². The Morgan fingerprint density at radius 2 is 1.05 bits per heavy atom. The second-order valence-electron chi connectivity index (χ2n) is 15.3. The molecule has 2 atom stereocenters. The highest BCUT2D eigenvalue weighted by molar-refractivity contribution is 7.47. The first-order valence-electron chi connectivity index (χ1n) is 21.7. The van der Waals surface area contributed by atoms with E-state index in [1.165, 1.54) is 64.2 Å². The molecule has 322 valence electrons. The number of esters is 2. The minimum Gasteiger partial charge on any atom is -0.462 e. The summed E-state index contributed by atoms with van der Waals surface area (Å²) in [5.74, 6) is -0.929. The summed E-state index contributed by atoms with van der Waals surface area (Å²) in [6.45, 7) is 4.18. The average molecular weight is 807 g/mol. The first-order chi connectivity index (χ1) is 27.0. The fourth-order valence-corrected chi connectivity index (χ4v) is 6.10. The Morgan fingerprint density at radius 1 is 0.571 bits per heavy atom. The third-order valence-corrected chi connectivity index (χ3v) is 9.72. The van der Waals surface area contributed by atoms with Crippen molar-refractivity contribution in [3.8, 4) is 0 Å². The zero-order valence-corrected chi connectivity index (χ0v) is 37.0. The summed E-state index contributed by atoms with van der Waals surface area (Å²) in [7, 11) is 1.42. The Morgan fingerprint density at radius 3 is 1.61 bits per heavy atom. The second-order valence-corrected chi connectivity index (χ2v) is 16.8. The van der Waals surface area contributed by atoms with Gasteiger partial charge in [0.05, 0.1) is 27.7 Å². The fourth-order valence-electron chi connectivity index (χ4n) is 5.36. The molecule has 0 aromatic rings. The number of rotatable bonds is 38. The lowest BCUT2D eigenvalue weighted by Gasteiger charge is -2.24. The van der Waals surface area contributed by atoms with Crippen molar-refractivity contribution < 1.29 is 42.1 Å². The third-order valence-electron chi connectivity index (χ3n) is 8.73. The highest BCUT2D eigenvalue weighted by Gasteiger charge is 2.27. The summed E-state index contributed by atoms with van der Waals surface area (Å²) < 4.78 is 34.2. The van der Waals surface area contributed by atoms with Crippen LogP contribution in [0.15, 0.2) is 72.9 Å². The normalized spacial score (nSPS) is 14.3. The lowest BCUT2D eigenvalue weighted by atomic mass is 10.1. The molecule has 0 saturated carbocycles. The van der Waals surface area contributed by atoms with Gasteiger partial charge in [0, 0.05) is 12.8 Å². The van der Waals surface area contributed by atoms with E-state index in [0.29, 0.717) is 23.9 Å². The minimum absolute atomic E-state index is 0.0140. The lowest BCUT2D eigenvalue weighted by Crippen LogP contribution is -2.37. The number of hydrogen-bond donors (Lipinski definition) is 1. The van der Waals surface area contributed by atoms with E-state index in [2.05, 4.69) is 74.6 Å². The molecule has 0 radical (unpaired) electrons. The first-order valence-corrected chi connectivity index (χ1v) is 23.2. The van der Waals surface area contributed by atoms with Gasteiger partial charge in [-0.2, -0.15) is 0 Å². The van der Waals surface area contributed by atoms with Gasteiger partial charge in [-0.25, -0.2) is 4.57 Å². The highest BCUT2D eigenvalue weighted by atomic mass is 31.2. The molecule has 0 aromatic heterocycles. The Hall–Kier alpha value is -2.55. The lowest BCUT2D eigenvalue weighted by molar-refractivity contribution is -0.870. The van der Waals surface area contributed by atoms with Crippen molar-refractivity contribution in [2.24, 2.45) is 0 Å². The van der Waals surface area contributed by atoms with Gasteiger partial charge in [-0.05, 0) is 64.2 Å². The highest BCUT2D eigenvalue weighted by Crippen LogP contribution is 2.43. The first kappa shape index (κ1) is 53.5. The van der Waals surface area contributed by atoms with Gasteiger partial charge in [-0.15, -0.1) is 0 Å². The van der Waals surface area contributed by atoms with E-state index in [4.69, 9.17) is 18.5 Å². The summed E-state index contributed by atoms with van der Waals surface area (Å²) in [6, 6.07) is 0. The summed E-state index contributed by atoms with van der Waals surface area (Å²) in [5, 5.41) is 0. The number of ether oxygens (including phenoxy) is 2. The molecule has 0 bridgehead atoms. The van der Waals surface area contributed by atoms with Crippen LogP contribution >= 0.6 is 7.82 Å². The topological polar surface area (TPSA) is 108 Å². The van der Waals surface area contributed by atoms with E-state index in [0.717, 1.165) is 51.4 Å². The van der Waals surface area contributed by atoms with E-state index in [1.807, 2.05) is 33.3 Å². The number of carbonyl (C=O) groups excluding carboxylic acids is 2. The van der Waals surface area contributed by atoms with Gasteiger partial charge < -0.3 is 18.9 Å². The Balaban J connectivity index is 4.52. The predicted octanol–water partition coefficient (Wildman–Crippen LogP) is 12.2. The van der Waals surface area contributed by atoms with Gasteiger partial charge in [-0.3, -0.25) is 18.6 Å². The number of phosphoric acid groups is 1. The molecule has 0 aliphatic carbocycles. The average Bonchev–Trinajstić information content (AvgIpc) is 3.15. The molecule has 10 heteroatoms. The van der Waals surface area contributed by atoms with Crippen molar-refractivity contribution >= 4 is 19.8 Å². The number of likely N-dealkylation sites (N-methyl/N-ethyl adjacent to an activating group) is 1. The van der Waals surface area contributed by atoms with Crippen LogP contribution in [0.2, 0.25) is 0 Å². The molecule has 0 spiro atoms. The van der Waals surface area contributed by atoms with Crippen LogP contribution in [0.3, 0.4) is 0 Å². The standard InChI is InChI=1S/C46H80NO8P/c1-6-8-10-12-14-16-18-20-22-23-25-26-28-30-32-34-36-38-45(48)52-42-44(43-54-56(50,51)53-41-40-47(3,4)5)55-46(49)39-37-35-33-31-29-27-24-21-19-17-15-13-11-9-7-2/h8,10,14,16,20,22,25-26,30,32-33,35,44H,6-7,9,11-13,15,17-19,21,23-24,27-29,31,34,36-43H2,1-5H3/p+1/b10-8+,16-14+,22-20+,26-25+,32-30+,35-33+/t44-/m1/s1. The Labute approximate surface area is 342 Å². The fraction of sp³-hybridized carbons (Fsp3) is 0.696. The Bertz CT molecular complexity index is 1180. The SMILES string of the molecule is CC/C=C/C/C=C/C/C=C/C/C=C/C/C=C/CCCC(=O)OC[C@H](COP(=O)(O)OCC[N+](C)(C)C)OC(=O)CC/C=C/CCCCCCCCCCCCC. The number of hydrogen-bond acceptors (Lipinski definition) is 7. The van der Waals surface area contributed by atoms with Crippen molar-refractivity contribution in [1.29, 1.82) is 0 Å². The summed E-state index contributed by atoms with van der Waals surface area (Å²) >= 11 is 0. The van der Waals surface area contributed by atoms with Gasteiger partial charge in [0.15, 0.2) is 6.10 Å². The molecule has 0 rings (SSSR count). The van der Waals surface area contributed by atoms with E-state index in [-0.39, 0.29) is 26.1 Å². The molecule has 1 unspecified atom stereocenters. The molecular formula is C46H81NO8P+. The quantitative estimate of drug-likeness (QED) is 0.0216. The number of phosphoric ester groups is 1. The summed E-state index contributed by atoms with van der Waals surface area (Å²) in [5.41, 5.74) is 0. The predicted molar refractivity (Wildman–Crippen MR) is 233 cm³/mol. The minimum atomic E-state index is -4.40. The maximum absolute atomic E-state index is 12.6. The molecule has 0 amide bonds. The van der Waals surface area contributed by atoms with Gasteiger partial charge in [0.25, 0.3) is 0 Å². The van der Waals surface area contributed by atoms with Crippen LogP contribution in [0.25, 0.3) is 0 Å². The van der Waals surface area contributed by atoms with E-state index < -0.39 is 32.5 Å². The molecular weight excluding hydrogens is 725 g/mol. The number of unbranched alkanes of at least 4 members (excludes halogenated alkanes) is 12. The van der Waals surface area contributed by atoms with Crippen molar-refractivity contribution in [3.05, 3.63) is 72.9 Å². The van der Waals surface area contributed by atoms with E-state index in [9.17, 15) is 19.0 Å². The van der Waals surface area contributed by atoms with Crippen LogP contribution in [0.1, 0.15) is 155 Å². The van der Waals surface area contributed by atoms with Crippen molar-refractivity contribution in [3.63, 3.8) is 0 Å². The Kier molecular flexibility index (Phi) is 36.3. The maximum Gasteiger partial charge on any atom is 0.472 e. The smallest absolute Gasteiger partial charge is 0.462 e. The van der Waals surface area contributed by atoms with Crippen molar-refractivity contribution in [2.45, 2.75) is 161 Å². The van der Waals surface area contributed by atoms with Crippen LogP contribution in [-0.4, -0.2) is 74.9 Å². The molecule has 56 heavy (non-hydrogen) atoms.